The Hall–Kier alpha value is -1.30. The summed E-state index contributed by atoms with van der Waals surface area (Å²) >= 11 is 0. The summed E-state index contributed by atoms with van der Waals surface area (Å²) in [5.74, 6) is 0. The van der Waals surface area contributed by atoms with Crippen LogP contribution in [0, 0.1) is 0 Å². The third-order valence-corrected chi connectivity index (χ3v) is 5.77. The van der Waals surface area contributed by atoms with Crippen LogP contribution in [0.15, 0.2) is 30.5 Å². The molecule has 2 saturated heterocycles. The van der Waals surface area contributed by atoms with Crippen LogP contribution in [0.5, 0.6) is 0 Å². The van der Waals surface area contributed by atoms with Crippen molar-refractivity contribution in [3.8, 4) is 0 Å². The number of aromatic nitrogens is 1. The summed E-state index contributed by atoms with van der Waals surface area (Å²) in [4.78, 5) is 0. The standard InChI is InChI=1S/C19H26BNO3/c1-18(2)19(3,4)24-20(23-18)15-8-7-9-16-14(15)11-12-21(16)17-10-5-6-13-22-17/h7-9,11-12,17H,5-6,10,13H2,1-4H3. The van der Waals surface area contributed by atoms with Crippen molar-refractivity contribution in [1.29, 1.82) is 0 Å². The zero-order chi connectivity index (χ0) is 16.9. The molecule has 0 bridgehead atoms. The van der Waals surface area contributed by atoms with Gasteiger partial charge in [-0.25, -0.2) is 0 Å². The first kappa shape index (κ1) is 16.2. The molecule has 1 aromatic heterocycles. The fraction of sp³-hybridized carbons (Fsp3) is 0.579. The van der Waals surface area contributed by atoms with E-state index in [4.69, 9.17) is 14.0 Å². The van der Waals surface area contributed by atoms with Gasteiger partial charge in [0.05, 0.1) is 11.2 Å². The van der Waals surface area contributed by atoms with Crippen molar-refractivity contribution >= 4 is 23.5 Å². The van der Waals surface area contributed by atoms with Crippen molar-refractivity contribution in [2.75, 3.05) is 6.61 Å². The Labute approximate surface area is 144 Å². The molecule has 24 heavy (non-hydrogen) atoms. The number of hydrogen-bond donors (Lipinski definition) is 0. The van der Waals surface area contributed by atoms with E-state index < -0.39 is 0 Å². The Kier molecular flexibility index (Phi) is 3.79. The predicted molar refractivity (Wildman–Crippen MR) is 96.5 cm³/mol. The maximum absolute atomic E-state index is 6.25. The van der Waals surface area contributed by atoms with Gasteiger partial charge in [-0.15, -0.1) is 0 Å². The molecule has 1 atom stereocenters. The summed E-state index contributed by atoms with van der Waals surface area (Å²) in [7, 11) is -0.332. The summed E-state index contributed by atoms with van der Waals surface area (Å²) in [5.41, 5.74) is 1.64. The molecular formula is C19H26BNO3. The van der Waals surface area contributed by atoms with Gasteiger partial charge in [0.25, 0.3) is 0 Å². The lowest BCUT2D eigenvalue weighted by Gasteiger charge is -2.32. The lowest BCUT2D eigenvalue weighted by molar-refractivity contribution is -0.0291. The Balaban J connectivity index is 1.72. The van der Waals surface area contributed by atoms with Gasteiger partial charge in [-0.05, 0) is 69.9 Å². The van der Waals surface area contributed by atoms with Gasteiger partial charge < -0.3 is 18.6 Å². The van der Waals surface area contributed by atoms with E-state index in [1.807, 2.05) is 0 Å². The number of fused-ring (bicyclic) bond motifs is 1. The monoisotopic (exact) mass is 327 g/mol. The summed E-state index contributed by atoms with van der Waals surface area (Å²) in [6.45, 7) is 9.21. The number of rotatable bonds is 2. The molecule has 0 spiro atoms. The second-order valence-corrected chi connectivity index (χ2v) is 7.91. The summed E-state index contributed by atoms with van der Waals surface area (Å²) < 4.78 is 20.7. The highest BCUT2D eigenvalue weighted by molar-refractivity contribution is 6.65. The molecule has 0 N–H and O–H groups in total. The number of benzene rings is 1. The molecule has 2 fully saturated rings. The molecule has 5 heteroatoms. The first-order valence-electron chi connectivity index (χ1n) is 8.96. The maximum atomic E-state index is 6.25. The van der Waals surface area contributed by atoms with Gasteiger partial charge in [0.1, 0.15) is 6.23 Å². The molecule has 2 aliphatic heterocycles. The molecule has 0 aliphatic carbocycles. The van der Waals surface area contributed by atoms with Crippen LogP contribution in [0.25, 0.3) is 10.9 Å². The zero-order valence-corrected chi connectivity index (χ0v) is 15.0. The van der Waals surface area contributed by atoms with Gasteiger partial charge in [-0.1, -0.05) is 12.1 Å². The predicted octanol–water partition coefficient (Wildman–Crippen LogP) is 3.64. The quantitative estimate of drug-likeness (QED) is 0.790. The summed E-state index contributed by atoms with van der Waals surface area (Å²) in [6.07, 6.45) is 5.74. The Bertz CT molecular complexity index is 730. The van der Waals surface area contributed by atoms with Gasteiger partial charge in [0, 0.05) is 18.3 Å². The van der Waals surface area contributed by atoms with Crippen molar-refractivity contribution in [3.63, 3.8) is 0 Å². The summed E-state index contributed by atoms with van der Waals surface area (Å²) in [5, 5.41) is 1.19. The van der Waals surface area contributed by atoms with Crippen LogP contribution >= 0.6 is 0 Å². The van der Waals surface area contributed by atoms with Crippen LogP contribution in [0.3, 0.4) is 0 Å². The van der Waals surface area contributed by atoms with Crippen molar-refractivity contribution in [2.24, 2.45) is 0 Å². The van der Waals surface area contributed by atoms with Crippen LogP contribution in [-0.4, -0.2) is 29.5 Å². The fourth-order valence-corrected chi connectivity index (χ4v) is 3.58. The largest absolute Gasteiger partial charge is 0.495 e. The normalized spacial score (nSPS) is 26.2. The van der Waals surface area contributed by atoms with Crippen molar-refractivity contribution < 1.29 is 14.0 Å². The number of hydrogen-bond acceptors (Lipinski definition) is 3. The van der Waals surface area contributed by atoms with Gasteiger partial charge >= 0.3 is 7.12 Å². The lowest BCUT2D eigenvalue weighted by atomic mass is 9.77. The second kappa shape index (κ2) is 5.62. The van der Waals surface area contributed by atoms with Crippen LogP contribution in [0.2, 0.25) is 0 Å². The van der Waals surface area contributed by atoms with Crippen LogP contribution in [0.4, 0.5) is 0 Å². The Morgan fingerprint density at radius 1 is 1.04 bits per heavy atom. The van der Waals surface area contributed by atoms with Crippen molar-refractivity contribution in [2.45, 2.75) is 64.4 Å². The molecule has 1 aromatic carbocycles. The van der Waals surface area contributed by atoms with Crippen molar-refractivity contribution in [1.82, 2.24) is 4.57 Å². The number of nitrogens with zero attached hydrogens (tertiary/aromatic N) is 1. The van der Waals surface area contributed by atoms with E-state index in [1.165, 1.54) is 17.3 Å². The fourth-order valence-electron chi connectivity index (χ4n) is 3.58. The highest BCUT2D eigenvalue weighted by atomic mass is 16.7. The van der Waals surface area contributed by atoms with Gasteiger partial charge in [0.2, 0.25) is 0 Å². The smallest absolute Gasteiger partial charge is 0.399 e. The first-order chi connectivity index (χ1) is 11.4. The second-order valence-electron chi connectivity index (χ2n) is 7.91. The highest BCUT2D eigenvalue weighted by Gasteiger charge is 2.52. The van der Waals surface area contributed by atoms with E-state index in [0.717, 1.165) is 24.9 Å². The van der Waals surface area contributed by atoms with Gasteiger partial charge in [0.15, 0.2) is 0 Å². The van der Waals surface area contributed by atoms with Crippen LogP contribution in [0.1, 0.15) is 53.2 Å². The molecule has 2 aliphatic rings. The Morgan fingerprint density at radius 3 is 2.46 bits per heavy atom. The van der Waals surface area contributed by atoms with E-state index in [0.29, 0.717) is 0 Å². The van der Waals surface area contributed by atoms with Crippen LogP contribution < -0.4 is 5.46 Å². The summed E-state index contributed by atoms with van der Waals surface area (Å²) in [6, 6.07) is 8.51. The third kappa shape index (κ3) is 2.50. The first-order valence-corrected chi connectivity index (χ1v) is 8.96. The minimum absolute atomic E-state index is 0.143. The molecule has 3 heterocycles. The van der Waals surface area contributed by atoms with Gasteiger partial charge in [-0.3, -0.25) is 0 Å². The minimum atomic E-state index is -0.332. The molecule has 0 saturated carbocycles. The van der Waals surface area contributed by atoms with Crippen molar-refractivity contribution in [3.05, 3.63) is 30.5 Å². The highest BCUT2D eigenvalue weighted by Crippen LogP contribution is 2.37. The average molecular weight is 327 g/mol. The molecule has 1 unspecified atom stereocenters. The van der Waals surface area contributed by atoms with Crippen LogP contribution in [-0.2, 0) is 14.0 Å². The Morgan fingerprint density at radius 2 is 1.79 bits per heavy atom. The molecule has 4 nitrogen and oxygen atoms in total. The van der Waals surface area contributed by atoms with Gasteiger partial charge in [-0.2, -0.15) is 0 Å². The minimum Gasteiger partial charge on any atom is -0.399 e. The molecule has 4 rings (SSSR count). The molecule has 2 aromatic rings. The molecule has 128 valence electrons. The van der Waals surface area contributed by atoms with E-state index in [1.54, 1.807) is 0 Å². The molecule has 0 radical (unpaired) electrons. The zero-order valence-electron chi connectivity index (χ0n) is 15.0. The van der Waals surface area contributed by atoms with E-state index in [2.05, 4.69) is 62.7 Å². The SMILES string of the molecule is CC1(C)OB(c2cccc3c2ccn3C2CCCCO2)OC1(C)C. The topological polar surface area (TPSA) is 32.6 Å². The molecular weight excluding hydrogens is 301 g/mol. The van der Waals surface area contributed by atoms with E-state index in [9.17, 15) is 0 Å². The lowest BCUT2D eigenvalue weighted by Crippen LogP contribution is -2.41. The molecule has 0 amide bonds. The maximum Gasteiger partial charge on any atom is 0.495 e. The third-order valence-electron chi connectivity index (χ3n) is 5.77. The number of ether oxygens (including phenoxy) is 1. The van der Waals surface area contributed by atoms with E-state index >= 15 is 0 Å². The van der Waals surface area contributed by atoms with E-state index in [-0.39, 0.29) is 24.5 Å². The average Bonchev–Trinajstić information content (AvgIpc) is 3.06.